The van der Waals surface area contributed by atoms with Crippen molar-refractivity contribution >= 4 is 29.0 Å². The zero-order valence-electron chi connectivity index (χ0n) is 23.7. The molecule has 1 amide bonds. The average molecular weight is 578 g/mol. The fourth-order valence-electron chi connectivity index (χ4n) is 4.94. The predicted octanol–water partition coefficient (Wildman–Crippen LogP) is 6.59. The molecular formula is C33H31N5O5. The predicted molar refractivity (Wildman–Crippen MR) is 164 cm³/mol. The Morgan fingerprint density at radius 1 is 0.953 bits per heavy atom. The maximum absolute atomic E-state index is 13.7. The number of non-ortho nitro benzene ring substituents is 1. The Kier molecular flexibility index (Phi) is 8.47. The third kappa shape index (κ3) is 6.54. The summed E-state index contributed by atoms with van der Waals surface area (Å²) in [7, 11) is 0. The third-order valence-corrected chi connectivity index (χ3v) is 7.22. The minimum Gasteiger partial charge on any atom is -0.481 e. The molecule has 0 spiro atoms. The summed E-state index contributed by atoms with van der Waals surface area (Å²) in [6, 6.07) is 26.0. The van der Waals surface area contributed by atoms with Crippen LogP contribution in [0.5, 0.6) is 0 Å². The maximum Gasteiger partial charge on any atom is 0.305 e. The van der Waals surface area contributed by atoms with Crippen LogP contribution in [0.4, 0.5) is 11.5 Å². The number of fused-ring (bicyclic) bond motifs is 1. The second-order valence-electron chi connectivity index (χ2n) is 10.5. The van der Waals surface area contributed by atoms with Gasteiger partial charge in [0.25, 0.3) is 11.6 Å². The van der Waals surface area contributed by atoms with Crippen LogP contribution in [0.25, 0.3) is 16.9 Å². The number of nitro benzene ring substituents is 1. The second-order valence-corrected chi connectivity index (χ2v) is 10.5. The van der Waals surface area contributed by atoms with Crippen LogP contribution in [0.3, 0.4) is 0 Å². The topological polar surface area (TPSA) is 139 Å². The smallest absolute Gasteiger partial charge is 0.305 e. The lowest BCUT2D eigenvalue weighted by Gasteiger charge is -2.18. The molecule has 1 unspecified atom stereocenters. The van der Waals surface area contributed by atoms with Gasteiger partial charge in [0.2, 0.25) is 0 Å². The molecule has 0 aliphatic heterocycles. The molecule has 0 fully saturated rings. The van der Waals surface area contributed by atoms with E-state index in [4.69, 9.17) is 4.98 Å². The highest BCUT2D eigenvalue weighted by molar-refractivity contribution is 6.01. The first-order valence-corrected chi connectivity index (χ1v) is 13.9. The molecule has 1 atom stereocenters. The molecule has 0 bridgehead atoms. The number of anilines is 1. The van der Waals surface area contributed by atoms with E-state index in [2.05, 4.69) is 36.6 Å². The molecule has 218 valence electrons. The molecule has 3 aromatic carbocycles. The van der Waals surface area contributed by atoms with Crippen LogP contribution in [0, 0.1) is 10.1 Å². The molecule has 5 aromatic rings. The van der Waals surface area contributed by atoms with Crippen LogP contribution >= 0.6 is 0 Å². The number of hydrogen-bond donors (Lipinski definition) is 3. The number of benzene rings is 3. The molecule has 2 heterocycles. The molecule has 0 aliphatic carbocycles. The van der Waals surface area contributed by atoms with Gasteiger partial charge in [-0.2, -0.15) is 0 Å². The standard InChI is InChI=1S/C33H31N5O5/c1-21(2)23-13-15-24(16-14-23)30-32(34-20-22-8-4-3-5-9-22)37-17-7-12-27(31(37)36-30)33(41)35-28(19-29(39)40)25-10-6-11-26(18-25)38(42)43/h3-18,21,28,34H,19-20H2,1-2H3,(H,35,41)(H,39,40). The second kappa shape index (κ2) is 12.6. The van der Waals surface area contributed by atoms with Gasteiger partial charge in [-0.1, -0.05) is 80.6 Å². The third-order valence-electron chi connectivity index (χ3n) is 7.22. The fourth-order valence-corrected chi connectivity index (χ4v) is 4.94. The van der Waals surface area contributed by atoms with Crippen molar-refractivity contribution in [3.63, 3.8) is 0 Å². The lowest BCUT2D eigenvalue weighted by molar-refractivity contribution is -0.384. The number of rotatable bonds is 11. The van der Waals surface area contributed by atoms with Crippen molar-refractivity contribution in [3.05, 3.63) is 130 Å². The van der Waals surface area contributed by atoms with Crippen LogP contribution in [0.15, 0.2) is 97.2 Å². The van der Waals surface area contributed by atoms with Gasteiger partial charge in [0.15, 0.2) is 5.65 Å². The van der Waals surface area contributed by atoms with Crippen LogP contribution in [0.1, 0.15) is 59.3 Å². The lowest BCUT2D eigenvalue weighted by Crippen LogP contribution is -2.30. The van der Waals surface area contributed by atoms with Crippen molar-refractivity contribution in [2.75, 3.05) is 5.32 Å². The Labute approximate surface area is 248 Å². The van der Waals surface area contributed by atoms with E-state index in [0.717, 1.165) is 11.1 Å². The number of carboxylic acid groups (broad SMARTS) is 1. The number of carbonyl (C=O) groups is 2. The first-order valence-electron chi connectivity index (χ1n) is 13.9. The summed E-state index contributed by atoms with van der Waals surface area (Å²) in [6.45, 7) is 4.78. The first kappa shape index (κ1) is 29.0. The zero-order chi connectivity index (χ0) is 30.5. The first-order chi connectivity index (χ1) is 20.7. The van der Waals surface area contributed by atoms with E-state index in [0.29, 0.717) is 35.2 Å². The van der Waals surface area contributed by atoms with E-state index in [1.54, 1.807) is 18.2 Å². The molecule has 0 radical (unpaired) electrons. The summed E-state index contributed by atoms with van der Waals surface area (Å²) in [5, 5.41) is 27.1. The molecule has 5 rings (SSSR count). The van der Waals surface area contributed by atoms with Gasteiger partial charge >= 0.3 is 5.97 Å². The Hall–Kier alpha value is -5.51. The minimum atomic E-state index is -1.16. The van der Waals surface area contributed by atoms with Gasteiger partial charge in [0.05, 0.1) is 22.9 Å². The number of amides is 1. The molecule has 43 heavy (non-hydrogen) atoms. The number of aliphatic carboxylic acids is 1. The highest BCUT2D eigenvalue weighted by Gasteiger charge is 2.24. The Morgan fingerprint density at radius 3 is 2.37 bits per heavy atom. The number of nitrogens with zero attached hydrogens (tertiary/aromatic N) is 3. The normalized spacial score (nSPS) is 11.8. The number of nitrogens with one attached hydrogen (secondary N) is 2. The van der Waals surface area contributed by atoms with Gasteiger partial charge in [0.1, 0.15) is 11.5 Å². The van der Waals surface area contributed by atoms with Crippen LogP contribution in [-0.2, 0) is 11.3 Å². The zero-order valence-corrected chi connectivity index (χ0v) is 23.7. The van der Waals surface area contributed by atoms with Gasteiger partial charge in [-0.3, -0.25) is 24.1 Å². The maximum atomic E-state index is 13.7. The van der Waals surface area contributed by atoms with Gasteiger partial charge in [-0.05, 0) is 34.7 Å². The molecule has 0 saturated carbocycles. The summed E-state index contributed by atoms with van der Waals surface area (Å²) < 4.78 is 1.81. The van der Waals surface area contributed by atoms with Crippen molar-refractivity contribution in [3.8, 4) is 11.3 Å². The fraction of sp³-hybridized carbons (Fsp3) is 0.182. The number of hydrogen-bond acceptors (Lipinski definition) is 6. The number of nitro groups is 1. The number of pyridine rings is 1. The van der Waals surface area contributed by atoms with Crippen molar-refractivity contribution in [2.45, 2.75) is 38.8 Å². The lowest BCUT2D eigenvalue weighted by atomic mass is 10.0. The van der Waals surface area contributed by atoms with Crippen molar-refractivity contribution in [2.24, 2.45) is 0 Å². The summed E-state index contributed by atoms with van der Waals surface area (Å²) in [6.07, 6.45) is 1.36. The highest BCUT2D eigenvalue weighted by Crippen LogP contribution is 2.32. The van der Waals surface area contributed by atoms with E-state index < -0.39 is 29.3 Å². The Balaban J connectivity index is 1.55. The highest BCUT2D eigenvalue weighted by atomic mass is 16.6. The van der Waals surface area contributed by atoms with E-state index in [-0.39, 0.29) is 11.3 Å². The van der Waals surface area contributed by atoms with Crippen LogP contribution in [-0.4, -0.2) is 31.3 Å². The summed E-state index contributed by atoms with van der Waals surface area (Å²) >= 11 is 0. The van der Waals surface area contributed by atoms with Gasteiger partial charge in [0, 0.05) is 30.4 Å². The quantitative estimate of drug-likeness (QED) is 0.119. The van der Waals surface area contributed by atoms with Crippen molar-refractivity contribution in [1.29, 1.82) is 0 Å². The molecular weight excluding hydrogens is 546 g/mol. The van der Waals surface area contributed by atoms with Gasteiger partial charge in [-0.25, -0.2) is 4.98 Å². The van der Waals surface area contributed by atoms with E-state index in [9.17, 15) is 24.8 Å². The van der Waals surface area contributed by atoms with E-state index in [1.165, 1.54) is 23.8 Å². The van der Waals surface area contributed by atoms with E-state index >= 15 is 0 Å². The Morgan fingerprint density at radius 2 is 1.70 bits per heavy atom. The van der Waals surface area contributed by atoms with Crippen molar-refractivity contribution in [1.82, 2.24) is 14.7 Å². The number of carbonyl (C=O) groups excluding carboxylic acids is 1. The number of carboxylic acids is 1. The molecule has 10 heteroatoms. The van der Waals surface area contributed by atoms with Crippen LogP contribution in [0.2, 0.25) is 0 Å². The average Bonchev–Trinajstić information content (AvgIpc) is 3.38. The van der Waals surface area contributed by atoms with E-state index in [1.807, 2.05) is 53.1 Å². The molecule has 10 nitrogen and oxygen atoms in total. The molecule has 0 saturated heterocycles. The number of imidazole rings is 1. The summed E-state index contributed by atoms with van der Waals surface area (Å²) in [5.41, 5.74) is 4.53. The molecule has 3 N–H and O–H groups in total. The minimum absolute atomic E-state index is 0.195. The largest absolute Gasteiger partial charge is 0.481 e. The summed E-state index contributed by atoms with van der Waals surface area (Å²) in [4.78, 5) is 41.0. The van der Waals surface area contributed by atoms with Gasteiger partial charge in [-0.15, -0.1) is 0 Å². The molecule has 0 aliphatic rings. The van der Waals surface area contributed by atoms with Crippen molar-refractivity contribution < 1.29 is 19.6 Å². The number of aromatic nitrogens is 2. The van der Waals surface area contributed by atoms with Crippen LogP contribution < -0.4 is 10.6 Å². The summed E-state index contributed by atoms with van der Waals surface area (Å²) in [5.74, 6) is -0.641. The van der Waals surface area contributed by atoms with Gasteiger partial charge < -0.3 is 15.7 Å². The Bertz CT molecular complexity index is 1780. The monoisotopic (exact) mass is 577 g/mol. The SMILES string of the molecule is CC(C)c1ccc(-c2nc3c(C(=O)NC(CC(=O)O)c4cccc([N+](=O)[O-])c4)cccn3c2NCc2ccccc2)cc1. The molecule has 2 aromatic heterocycles.